The third-order valence-electron chi connectivity index (χ3n) is 3.65. The molecule has 0 atom stereocenters. The van der Waals surface area contributed by atoms with Gasteiger partial charge in [0.25, 0.3) is 10.9 Å². The van der Waals surface area contributed by atoms with Gasteiger partial charge in [-0.3, -0.25) is 14.9 Å². The Morgan fingerprint density at radius 1 is 1.18 bits per heavy atom. The first-order valence-electron chi connectivity index (χ1n) is 8.16. The van der Waals surface area contributed by atoms with Crippen molar-refractivity contribution >= 4 is 29.0 Å². The highest BCUT2D eigenvalue weighted by Crippen LogP contribution is 2.20. The van der Waals surface area contributed by atoms with E-state index in [9.17, 15) is 14.9 Å². The van der Waals surface area contributed by atoms with Crippen LogP contribution in [0.2, 0.25) is 0 Å². The zero-order valence-electron chi connectivity index (χ0n) is 14.8. The number of carbonyl (C=O) groups is 1. The van der Waals surface area contributed by atoms with Crippen molar-refractivity contribution in [2.24, 2.45) is 0 Å². The Kier molecular flexibility index (Phi) is 6.22. The molecule has 1 amide bonds. The average molecular weight is 400 g/mol. The quantitative estimate of drug-likeness (QED) is 0.347. The Bertz CT molecular complexity index is 957. The number of hydrogen-bond acceptors (Lipinski definition) is 8. The largest absolute Gasteiger partial charge is 0.497 e. The standard InChI is InChI=1S/C18H16N4O5S/c1-26-15-8-2-12(3-9-15)10-17-20-21-18(27-17)28-11-16(23)19-13-4-6-14(7-5-13)22(24)25/h2-9H,10-11H2,1H3,(H,19,23). The summed E-state index contributed by atoms with van der Waals surface area (Å²) in [6.45, 7) is 0. The lowest BCUT2D eigenvalue weighted by Gasteiger charge is -2.03. The van der Waals surface area contributed by atoms with Gasteiger partial charge < -0.3 is 14.5 Å². The van der Waals surface area contributed by atoms with E-state index in [1.807, 2.05) is 24.3 Å². The SMILES string of the molecule is COc1ccc(Cc2nnc(SCC(=O)Nc3ccc([N+](=O)[O-])cc3)o2)cc1. The van der Waals surface area contributed by atoms with Crippen LogP contribution < -0.4 is 10.1 Å². The summed E-state index contributed by atoms with van der Waals surface area (Å²) < 4.78 is 10.7. The molecule has 0 aliphatic rings. The van der Waals surface area contributed by atoms with Gasteiger partial charge in [0.1, 0.15) is 5.75 Å². The van der Waals surface area contributed by atoms with Gasteiger partial charge in [-0.25, -0.2) is 0 Å². The second-order valence-electron chi connectivity index (χ2n) is 5.63. The van der Waals surface area contributed by atoms with Crippen LogP contribution >= 0.6 is 11.8 Å². The molecule has 0 saturated heterocycles. The number of nitrogens with one attached hydrogen (secondary N) is 1. The minimum atomic E-state index is -0.499. The summed E-state index contributed by atoms with van der Waals surface area (Å²) >= 11 is 1.11. The minimum Gasteiger partial charge on any atom is -0.497 e. The molecule has 10 heteroatoms. The topological polar surface area (TPSA) is 120 Å². The molecule has 3 rings (SSSR count). The molecule has 3 aromatic rings. The molecule has 0 radical (unpaired) electrons. The van der Waals surface area contributed by atoms with E-state index in [1.54, 1.807) is 7.11 Å². The van der Waals surface area contributed by atoms with E-state index in [4.69, 9.17) is 9.15 Å². The van der Waals surface area contributed by atoms with Crippen LogP contribution in [0.4, 0.5) is 11.4 Å². The number of benzene rings is 2. The molecule has 1 N–H and O–H groups in total. The van der Waals surface area contributed by atoms with Crippen molar-refractivity contribution in [3.05, 3.63) is 70.1 Å². The average Bonchev–Trinajstić information content (AvgIpc) is 3.15. The molecule has 28 heavy (non-hydrogen) atoms. The maximum Gasteiger partial charge on any atom is 0.277 e. The Morgan fingerprint density at radius 3 is 2.54 bits per heavy atom. The van der Waals surface area contributed by atoms with Gasteiger partial charge in [-0.15, -0.1) is 10.2 Å². The van der Waals surface area contributed by atoms with E-state index in [0.29, 0.717) is 23.2 Å². The number of anilines is 1. The van der Waals surface area contributed by atoms with Crippen LogP contribution in [0.3, 0.4) is 0 Å². The molecule has 0 aliphatic heterocycles. The summed E-state index contributed by atoms with van der Waals surface area (Å²) in [7, 11) is 1.61. The van der Waals surface area contributed by atoms with Crippen LogP contribution in [0.1, 0.15) is 11.5 Å². The second-order valence-corrected chi connectivity index (χ2v) is 6.55. The van der Waals surface area contributed by atoms with Crippen molar-refractivity contribution in [1.29, 1.82) is 0 Å². The van der Waals surface area contributed by atoms with Crippen molar-refractivity contribution in [2.45, 2.75) is 11.6 Å². The summed E-state index contributed by atoms with van der Waals surface area (Å²) in [6, 6.07) is 13.1. The lowest BCUT2D eigenvalue weighted by atomic mass is 10.1. The van der Waals surface area contributed by atoms with Crippen LogP contribution in [-0.2, 0) is 11.2 Å². The molecule has 0 aliphatic carbocycles. The van der Waals surface area contributed by atoms with Gasteiger partial charge in [0.15, 0.2) is 0 Å². The zero-order valence-corrected chi connectivity index (χ0v) is 15.6. The number of ether oxygens (including phenoxy) is 1. The first-order valence-corrected chi connectivity index (χ1v) is 9.14. The number of methoxy groups -OCH3 is 1. The van der Waals surface area contributed by atoms with E-state index >= 15 is 0 Å². The fourth-order valence-electron chi connectivity index (χ4n) is 2.28. The fourth-order valence-corrected chi connectivity index (χ4v) is 2.86. The number of nitro groups is 1. The highest BCUT2D eigenvalue weighted by atomic mass is 32.2. The molecule has 0 spiro atoms. The molecule has 0 fully saturated rings. The number of rotatable bonds is 8. The molecule has 0 saturated carbocycles. The summed E-state index contributed by atoms with van der Waals surface area (Å²) in [5, 5.41) is 21.5. The maximum atomic E-state index is 12.0. The van der Waals surface area contributed by atoms with Crippen LogP contribution in [0.5, 0.6) is 5.75 Å². The Balaban J connectivity index is 1.49. The van der Waals surface area contributed by atoms with Gasteiger partial charge in [-0.05, 0) is 29.8 Å². The lowest BCUT2D eigenvalue weighted by Crippen LogP contribution is -2.13. The Morgan fingerprint density at radius 2 is 1.89 bits per heavy atom. The number of carbonyl (C=O) groups excluding carboxylic acids is 1. The van der Waals surface area contributed by atoms with Crippen LogP contribution in [0, 0.1) is 10.1 Å². The van der Waals surface area contributed by atoms with Crippen LogP contribution in [-0.4, -0.2) is 33.9 Å². The third kappa shape index (κ3) is 5.30. The molecule has 9 nitrogen and oxygen atoms in total. The molecule has 1 heterocycles. The molecule has 2 aromatic carbocycles. The summed E-state index contributed by atoms with van der Waals surface area (Å²) in [4.78, 5) is 22.1. The van der Waals surface area contributed by atoms with E-state index in [2.05, 4.69) is 15.5 Å². The maximum absolute atomic E-state index is 12.0. The minimum absolute atomic E-state index is 0.0392. The predicted molar refractivity (Wildman–Crippen MR) is 103 cm³/mol. The molecule has 0 bridgehead atoms. The van der Waals surface area contributed by atoms with Crippen LogP contribution in [0.15, 0.2) is 58.2 Å². The first kappa shape index (κ1) is 19.4. The summed E-state index contributed by atoms with van der Waals surface area (Å²) in [6.07, 6.45) is 0.479. The summed E-state index contributed by atoms with van der Waals surface area (Å²) in [5.74, 6) is 1.00. The number of nitro benzene ring substituents is 1. The predicted octanol–water partition coefficient (Wildman–Crippen LogP) is 3.31. The molecule has 0 unspecified atom stereocenters. The van der Waals surface area contributed by atoms with E-state index in [-0.39, 0.29) is 17.3 Å². The highest BCUT2D eigenvalue weighted by molar-refractivity contribution is 7.99. The van der Waals surface area contributed by atoms with Gasteiger partial charge in [-0.1, -0.05) is 23.9 Å². The van der Waals surface area contributed by atoms with E-state index in [0.717, 1.165) is 23.1 Å². The van der Waals surface area contributed by atoms with Gasteiger partial charge in [0, 0.05) is 17.8 Å². The molecular weight excluding hydrogens is 384 g/mol. The van der Waals surface area contributed by atoms with E-state index in [1.165, 1.54) is 24.3 Å². The summed E-state index contributed by atoms with van der Waals surface area (Å²) in [5.41, 5.74) is 1.43. The fraction of sp³-hybridized carbons (Fsp3) is 0.167. The van der Waals surface area contributed by atoms with Gasteiger partial charge in [-0.2, -0.15) is 0 Å². The molecular formula is C18H16N4O5S. The van der Waals surface area contributed by atoms with Gasteiger partial charge in [0.2, 0.25) is 11.8 Å². The highest BCUT2D eigenvalue weighted by Gasteiger charge is 2.11. The van der Waals surface area contributed by atoms with E-state index < -0.39 is 4.92 Å². The van der Waals surface area contributed by atoms with Gasteiger partial charge in [0.05, 0.1) is 24.2 Å². The number of nitrogens with zero attached hydrogens (tertiary/aromatic N) is 3. The Hall–Kier alpha value is -3.40. The van der Waals surface area contributed by atoms with Crippen molar-refractivity contribution in [3.63, 3.8) is 0 Å². The monoisotopic (exact) mass is 400 g/mol. The van der Waals surface area contributed by atoms with Crippen LogP contribution in [0.25, 0.3) is 0 Å². The zero-order chi connectivity index (χ0) is 19.9. The number of hydrogen-bond donors (Lipinski definition) is 1. The normalized spacial score (nSPS) is 10.5. The first-order chi connectivity index (χ1) is 13.5. The molecule has 1 aromatic heterocycles. The smallest absolute Gasteiger partial charge is 0.277 e. The number of aromatic nitrogens is 2. The van der Waals surface area contributed by atoms with Crippen molar-refractivity contribution in [1.82, 2.24) is 10.2 Å². The second kappa shape index (κ2) is 9.00. The Labute approximate surface area is 164 Å². The third-order valence-corrected chi connectivity index (χ3v) is 4.47. The number of amides is 1. The van der Waals surface area contributed by atoms with Gasteiger partial charge >= 0.3 is 0 Å². The van der Waals surface area contributed by atoms with Crippen molar-refractivity contribution < 1.29 is 18.9 Å². The van der Waals surface area contributed by atoms with Crippen molar-refractivity contribution in [2.75, 3.05) is 18.2 Å². The number of non-ortho nitro benzene ring substituents is 1. The number of thioether (sulfide) groups is 1. The molecule has 144 valence electrons. The lowest BCUT2D eigenvalue weighted by molar-refractivity contribution is -0.384. The van der Waals surface area contributed by atoms with Crippen molar-refractivity contribution in [3.8, 4) is 5.75 Å².